The van der Waals surface area contributed by atoms with Gasteiger partial charge in [-0.05, 0) is 0 Å². The van der Waals surface area contributed by atoms with Crippen molar-refractivity contribution in [2.45, 2.75) is 49.1 Å². The van der Waals surface area contributed by atoms with E-state index in [0.717, 1.165) is 24.5 Å². The lowest BCUT2D eigenvalue weighted by Crippen LogP contribution is -2.40. The summed E-state index contributed by atoms with van der Waals surface area (Å²) in [4.78, 5) is 89.2. The molecule has 0 bridgehead atoms. The number of rotatable bonds is 12. The van der Waals surface area contributed by atoms with E-state index in [2.05, 4.69) is 4.31 Å². The third kappa shape index (κ3) is 8.47. The van der Waals surface area contributed by atoms with E-state index in [1.54, 1.807) is 0 Å². The summed E-state index contributed by atoms with van der Waals surface area (Å²) in [5.74, 6) is 0. The van der Waals surface area contributed by atoms with Gasteiger partial charge in [-0.1, -0.05) is 0 Å². The third-order valence-corrected chi connectivity index (χ3v) is 9.35. The van der Waals surface area contributed by atoms with Crippen LogP contribution in [0.5, 0.6) is 0 Å². The Kier molecular flexibility index (Phi) is 10.5. The third-order valence-electron chi connectivity index (χ3n) is 6.17. The molecule has 2 aromatic rings. The standard InChI is InChI=1S/C18H25N4O20P3/c23-5-7-13(14(41-45(35,36)42-43(30,31)32)16(38-7)22-4-2-10(25)20-18(22)29)40-44(33,34)37-6-8-11(26)12(27)15(39-8)21-3-1-9(24)19-17(21)28/h1-4,7-8,11-16,23,26-27H,5-6H2,(H,33,34)(H,35,36)(H,19,24,28)(H,20,25,29)(H2,30,31,32)/t7-,8-,11-,12-,13-,14-,15-,16-/m1/s1. The Hall–Kier alpha value is -2.47. The average Bonchev–Trinajstić information content (AvgIpc) is 3.37. The van der Waals surface area contributed by atoms with Crippen LogP contribution in [0.4, 0.5) is 0 Å². The summed E-state index contributed by atoms with van der Waals surface area (Å²) in [6, 6.07) is 1.69. The van der Waals surface area contributed by atoms with Crippen LogP contribution in [0.25, 0.3) is 0 Å². The van der Waals surface area contributed by atoms with Crippen LogP contribution >= 0.6 is 23.5 Å². The maximum Gasteiger partial charge on any atom is 0.481 e. The summed E-state index contributed by atoms with van der Waals surface area (Å²) in [5, 5.41) is 30.5. The van der Waals surface area contributed by atoms with Crippen molar-refractivity contribution >= 4 is 23.5 Å². The highest BCUT2D eigenvalue weighted by Gasteiger charge is 2.54. The number of nitrogens with one attached hydrogen (secondary N) is 2. The Morgan fingerprint density at radius 2 is 1.27 bits per heavy atom. The molecule has 0 spiro atoms. The molecule has 4 heterocycles. The molecule has 24 nitrogen and oxygen atoms in total. The number of hydrogen-bond acceptors (Lipinski definition) is 16. The van der Waals surface area contributed by atoms with Crippen molar-refractivity contribution in [3.8, 4) is 0 Å². The highest BCUT2D eigenvalue weighted by atomic mass is 31.3. The van der Waals surface area contributed by atoms with Crippen LogP contribution in [0, 0.1) is 0 Å². The zero-order valence-electron chi connectivity index (χ0n) is 22.0. The number of aromatic nitrogens is 4. The van der Waals surface area contributed by atoms with Gasteiger partial charge in [0, 0.05) is 24.5 Å². The fourth-order valence-corrected chi connectivity index (χ4v) is 7.05. The Balaban J connectivity index is 1.57. The molecule has 4 rings (SSSR count). The summed E-state index contributed by atoms with van der Waals surface area (Å²) >= 11 is 0. The fourth-order valence-electron chi connectivity index (χ4n) is 4.33. The topological polar surface area (TPSA) is 358 Å². The lowest BCUT2D eigenvalue weighted by molar-refractivity contribution is -0.0615. The predicted octanol–water partition coefficient (Wildman–Crippen LogP) is -4.31. The van der Waals surface area contributed by atoms with Gasteiger partial charge in [-0.2, -0.15) is 4.31 Å². The van der Waals surface area contributed by atoms with Crippen molar-refractivity contribution in [1.82, 2.24) is 19.1 Å². The molecule has 2 aromatic heterocycles. The van der Waals surface area contributed by atoms with Crippen LogP contribution in [-0.4, -0.2) is 104 Å². The van der Waals surface area contributed by atoms with Crippen LogP contribution in [0.3, 0.4) is 0 Å². The molecule has 2 unspecified atom stereocenters. The van der Waals surface area contributed by atoms with E-state index in [9.17, 15) is 58.0 Å². The van der Waals surface area contributed by atoms with Gasteiger partial charge in [0.05, 0.1) is 13.2 Å². The number of H-pyrrole nitrogens is 2. The van der Waals surface area contributed by atoms with Crippen LogP contribution in [0.15, 0.2) is 43.7 Å². The van der Waals surface area contributed by atoms with Gasteiger partial charge in [-0.15, -0.1) is 0 Å². The molecule has 2 fully saturated rings. The van der Waals surface area contributed by atoms with Gasteiger partial charge in [-0.25, -0.2) is 23.3 Å². The lowest BCUT2D eigenvalue weighted by Gasteiger charge is -2.27. The molecule has 2 saturated heterocycles. The zero-order valence-corrected chi connectivity index (χ0v) is 24.7. The number of phosphoric acid groups is 3. The molecular weight excluding hydrogens is 685 g/mol. The van der Waals surface area contributed by atoms with Crippen LogP contribution in [0.1, 0.15) is 12.5 Å². The first-order valence-electron chi connectivity index (χ1n) is 12.2. The number of nitrogens with zero attached hydrogens (tertiary/aromatic N) is 2. The zero-order chi connectivity index (χ0) is 33.5. The van der Waals surface area contributed by atoms with Gasteiger partial charge in [0.15, 0.2) is 12.5 Å². The molecule has 0 radical (unpaired) electrons. The summed E-state index contributed by atoms with van der Waals surface area (Å²) in [6.07, 6.45) is -13.3. The van der Waals surface area contributed by atoms with Gasteiger partial charge >= 0.3 is 34.8 Å². The average molecular weight is 710 g/mol. The maximum absolute atomic E-state index is 12.9. The van der Waals surface area contributed by atoms with Crippen molar-refractivity contribution in [3.63, 3.8) is 0 Å². The smallest absolute Gasteiger partial charge is 0.394 e. The SMILES string of the molecule is O=c1ccn([C@@H]2O[C@H](COP(=O)(O)O[C@H]3[C@@H](OP(=O)(O)OP(=O)(O)O)[C@H](n4ccc(=O)[nH]c4=O)O[C@@H]3CO)[C@@H](O)[C@H]2O)c(=O)[nH]1. The van der Waals surface area contributed by atoms with E-state index in [-0.39, 0.29) is 0 Å². The van der Waals surface area contributed by atoms with E-state index < -0.39 is 108 Å². The van der Waals surface area contributed by atoms with Gasteiger partial charge in [0.25, 0.3) is 11.1 Å². The number of aliphatic hydroxyl groups excluding tert-OH is 3. The molecule has 27 heteroatoms. The summed E-state index contributed by atoms with van der Waals surface area (Å²) in [7, 11) is -17.0. The number of phosphoric ester groups is 2. The van der Waals surface area contributed by atoms with Crippen molar-refractivity contribution < 1.29 is 75.9 Å². The summed E-state index contributed by atoms with van der Waals surface area (Å²) in [5.41, 5.74) is -3.94. The quantitative estimate of drug-likeness (QED) is 0.0940. The van der Waals surface area contributed by atoms with Crippen molar-refractivity contribution in [1.29, 1.82) is 0 Å². The number of hydrogen-bond donors (Lipinski definition) is 9. The molecule has 2 aliphatic rings. The van der Waals surface area contributed by atoms with Gasteiger partial charge in [-0.3, -0.25) is 42.3 Å². The highest BCUT2D eigenvalue weighted by molar-refractivity contribution is 7.60. The highest BCUT2D eigenvalue weighted by Crippen LogP contribution is 2.60. The Morgan fingerprint density at radius 1 is 0.756 bits per heavy atom. The molecule has 45 heavy (non-hydrogen) atoms. The molecular formula is C18H25N4O20P3. The van der Waals surface area contributed by atoms with Gasteiger partial charge in [0.2, 0.25) is 0 Å². The lowest BCUT2D eigenvalue weighted by atomic mass is 10.1. The molecule has 0 aliphatic carbocycles. The van der Waals surface area contributed by atoms with E-state index in [1.165, 1.54) is 0 Å². The van der Waals surface area contributed by atoms with Crippen molar-refractivity contribution in [2.75, 3.05) is 13.2 Å². The second kappa shape index (κ2) is 13.3. The first kappa shape index (κ1) is 35.4. The molecule has 0 amide bonds. The Labute approximate surface area is 247 Å². The minimum absolute atomic E-state index is 0.516. The Morgan fingerprint density at radius 3 is 1.78 bits per heavy atom. The minimum Gasteiger partial charge on any atom is -0.394 e. The van der Waals surface area contributed by atoms with Crippen LogP contribution < -0.4 is 22.5 Å². The number of aromatic amines is 2. The Bertz CT molecular complexity index is 1770. The number of aliphatic hydroxyl groups is 3. The van der Waals surface area contributed by atoms with Crippen molar-refractivity contribution in [2.24, 2.45) is 0 Å². The second-order valence-electron chi connectivity index (χ2n) is 9.27. The second-order valence-corrected chi connectivity index (χ2v) is 13.5. The molecule has 9 N–H and O–H groups in total. The molecule has 0 aromatic carbocycles. The predicted molar refractivity (Wildman–Crippen MR) is 138 cm³/mol. The van der Waals surface area contributed by atoms with E-state index in [0.29, 0.717) is 9.13 Å². The normalized spacial score (nSPS) is 31.4. The maximum atomic E-state index is 12.9. The molecule has 10 atom stereocenters. The molecule has 0 saturated carbocycles. The van der Waals surface area contributed by atoms with Crippen LogP contribution in [0.2, 0.25) is 0 Å². The number of ether oxygens (including phenoxy) is 2. The van der Waals surface area contributed by atoms with E-state index >= 15 is 0 Å². The largest absolute Gasteiger partial charge is 0.481 e. The van der Waals surface area contributed by atoms with E-state index in [4.69, 9.17) is 32.8 Å². The van der Waals surface area contributed by atoms with E-state index in [1.807, 2.05) is 9.97 Å². The summed E-state index contributed by atoms with van der Waals surface area (Å²) < 4.78 is 66.7. The van der Waals surface area contributed by atoms with Gasteiger partial charge in [0.1, 0.15) is 36.6 Å². The first-order chi connectivity index (χ1) is 20.8. The van der Waals surface area contributed by atoms with Crippen LogP contribution in [-0.2, 0) is 41.1 Å². The summed E-state index contributed by atoms with van der Waals surface area (Å²) in [6.45, 7) is -2.13. The molecule has 2 aliphatic heterocycles. The first-order valence-corrected chi connectivity index (χ1v) is 16.7. The minimum atomic E-state index is -5.81. The monoisotopic (exact) mass is 710 g/mol. The van der Waals surface area contributed by atoms with Crippen molar-refractivity contribution in [3.05, 3.63) is 66.2 Å². The molecule has 252 valence electrons. The van der Waals surface area contributed by atoms with Gasteiger partial charge < -0.3 is 44.4 Å². The fraction of sp³-hybridized carbons (Fsp3) is 0.556.